The monoisotopic (exact) mass is 352 g/mol. The molecule has 2 aliphatic rings. The van der Waals surface area contributed by atoms with Gasteiger partial charge >= 0.3 is 5.97 Å². The van der Waals surface area contributed by atoms with Crippen molar-refractivity contribution in [3.05, 3.63) is 35.9 Å². The molecule has 0 bridgehead atoms. The minimum Gasteiger partial charge on any atom is -0.461 e. The summed E-state index contributed by atoms with van der Waals surface area (Å²) in [5.41, 5.74) is 0.954. The van der Waals surface area contributed by atoms with E-state index in [0.29, 0.717) is 5.92 Å². The highest BCUT2D eigenvalue weighted by Gasteiger charge is 2.32. The minimum absolute atomic E-state index is 0. The van der Waals surface area contributed by atoms with Crippen molar-refractivity contribution in [1.82, 2.24) is 10.2 Å². The number of ether oxygens (including phenoxy) is 1. The average Bonchev–Trinajstić information content (AvgIpc) is 2.53. The Morgan fingerprint density at radius 2 is 2.00 bits per heavy atom. The van der Waals surface area contributed by atoms with E-state index >= 15 is 0 Å². The van der Waals surface area contributed by atoms with E-state index < -0.39 is 6.04 Å². The molecule has 2 fully saturated rings. The highest BCUT2D eigenvalue weighted by Crippen LogP contribution is 2.27. The number of esters is 1. The zero-order valence-electron chi connectivity index (χ0n) is 13.8. The van der Waals surface area contributed by atoms with E-state index in [2.05, 4.69) is 5.32 Å². The number of halogens is 1. The van der Waals surface area contributed by atoms with Crippen LogP contribution in [0, 0.1) is 5.92 Å². The summed E-state index contributed by atoms with van der Waals surface area (Å²) >= 11 is 0. The summed E-state index contributed by atoms with van der Waals surface area (Å²) in [7, 11) is 0. The Bertz CT molecular complexity index is 548. The van der Waals surface area contributed by atoms with Gasteiger partial charge < -0.3 is 15.0 Å². The predicted octanol–water partition coefficient (Wildman–Crippen LogP) is 2.14. The molecule has 1 saturated carbocycles. The topological polar surface area (TPSA) is 58.6 Å². The first kappa shape index (κ1) is 18.7. The van der Waals surface area contributed by atoms with Crippen molar-refractivity contribution in [3.8, 4) is 0 Å². The van der Waals surface area contributed by atoms with Crippen LogP contribution in [0.2, 0.25) is 0 Å². The van der Waals surface area contributed by atoms with E-state index in [-0.39, 0.29) is 37.3 Å². The third-order valence-electron chi connectivity index (χ3n) is 4.70. The van der Waals surface area contributed by atoms with E-state index in [1.807, 2.05) is 35.2 Å². The molecule has 1 saturated heterocycles. The van der Waals surface area contributed by atoms with Crippen molar-refractivity contribution >= 4 is 24.3 Å². The average molecular weight is 353 g/mol. The number of hydrogen-bond donors (Lipinski definition) is 1. The zero-order chi connectivity index (χ0) is 16.1. The van der Waals surface area contributed by atoms with Gasteiger partial charge in [-0.05, 0) is 24.3 Å². The molecule has 1 amide bonds. The molecule has 1 aromatic rings. The van der Waals surface area contributed by atoms with Crippen LogP contribution in [0.3, 0.4) is 0 Å². The van der Waals surface area contributed by atoms with Gasteiger partial charge in [-0.3, -0.25) is 9.59 Å². The van der Waals surface area contributed by atoms with Crippen LogP contribution in [-0.4, -0.2) is 42.5 Å². The number of rotatable bonds is 6. The highest BCUT2D eigenvalue weighted by molar-refractivity contribution is 5.87. The summed E-state index contributed by atoms with van der Waals surface area (Å²) in [6, 6.07) is 9.13. The van der Waals surface area contributed by atoms with Crippen molar-refractivity contribution < 1.29 is 14.3 Å². The Hall–Kier alpha value is -1.59. The van der Waals surface area contributed by atoms with Crippen LogP contribution < -0.4 is 5.32 Å². The van der Waals surface area contributed by atoms with Crippen molar-refractivity contribution in [3.63, 3.8) is 0 Å². The molecule has 1 N–H and O–H groups in total. The maximum Gasteiger partial charge on any atom is 0.308 e. The third-order valence-corrected chi connectivity index (χ3v) is 4.70. The van der Waals surface area contributed by atoms with E-state index in [1.165, 1.54) is 19.3 Å². The predicted molar refractivity (Wildman–Crippen MR) is 93.8 cm³/mol. The number of hydrogen-bond acceptors (Lipinski definition) is 4. The normalized spacial score (nSPS) is 20.9. The number of piperazine rings is 1. The molecule has 1 aliphatic heterocycles. The number of carbonyl (C=O) groups excluding carboxylic acids is 2. The lowest BCUT2D eigenvalue weighted by Gasteiger charge is -2.37. The molecule has 1 atom stereocenters. The standard InChI is InChI=1S/C18H24N2O3.ClH/c21-17(23-13-15-5-2-1-3-6-15)11-16-18(22)20(10-9-19-16)12-14-7-4-8-14;/h1-3,5-6,14,16,19H,4,7-13H2;1H. The van der Waals surface area contributed by atoms with Crippen molar-refractivity contribution in [2.75, 3.05) is 19.6 Å². The van der Waals surface area contributed by atoms with Crippen molar-refractivity contribution in [2.24, 2.45) is 5.92 Å². The molecular weight excluding hydrogens is 328 g/mol. The molecule has 0 spiro atoms. The van der Waals surface area contributed by atoms with E-state index in [1.54, 1.807) is 0 Å². The zero-order valence-corrected chi connectivity index (χ0v) is 14.6. The van der Waals surface area contributed by atoms with Gasteiger partial charge in [-0.2, -0.15) is 0 Å². The lowest BCUT2D eigenvalue weighted by molar-refractivity contribution is -0.149. The summed E-state index contributed by atoms with van der Waals surface area (Å²) in [6.07, 6.45) is 3.83. The lowest BCUT2D eigenvalue weighted by Crippen LogP contribution is -2.56. The largest absolute Gasteiger partial charge is 0.461 e. The van der Waals surface area contributed by atoms with Gasteiger partial charge in [-0.15, -0.1) is 12.4 Å². The fourth-order valence-electron chi connectivity index (χ4n) is 3.08. The Morgan fingerprint density at radius 1 is 1.25 bits per heavy atom. The second-order valence-electron chi connectivity index (χ2n) is 6.44. The third kappa shape index (κ3) is 4.95. The van der Waals surface area contributed by atoms with E-state index in [4.69, 9.17) is 4.74 Å². The molecule has 3 rings (SSSR count). The smallest absolute Gasteiger partial charge is 0.308 e. The molecule has 1 unspecified atom stereocenters. The Kier molecular flexibility index (Phi) is 7.06. The Morgan fingerprint density at radius 3 is 2.67 bits per heavy atom. The van der Waals surface area contributed by atoms with Crippen LogP contribution in [0.4, 0.5) is 0 Å². The molecule has 1 aliphatic carbocycles. The number of amides is 1. The van der Waals surface area contributed by atoms with Crippen LogP contribution >= 0.6 is 12.4 Å². The summed E-state index contributed by atoms with van der Waals surface area (Å²) in [6.45, 7) is 2.59. The van der Waals surface area contributed by atoms with Crippen LogP contribution in [0.25, 0.3) is 0 Å². The van der Waals surface area contributed by atoms with Gasteiger partial charge in [0.25, 0.3) is 0 Å². The van der Waals surface area contributed by atoms with E-state index in [0.717, 1.165) is 25.2 Å². The summed E-state index contributed by atoms with van der Waals surface area (Å²) < 4.78 is 5.28. The van der Waals surface area contributed by atoms with Gasteiger partial charge in [0.2, 0.25) is 5.91 Å². The molecular formula is C18H25ClN2O3. The van der Waals surface area contributed by atoms with Crippen LogP contribution in [0.15, 0.2) is 30.3 Å². The van der Waals surface area contributed by atoms with Gasteiger partial charge in [0, 0.05) is 19.6 Å². The summed E-state index contributed by atoms with van der Waals surface area (Å²) in [5.74, 6) is 0.368. The van der Waals surface area contributed by atoms with Gasteiger partial charge in [-0.25, -0.2) is 0 Å². The number of nitrogens with zero attached hydrogens (tertiary/aromatic N) is 1. The van der Waals surface area contributed by atoms with Gasteiger partial charge in [-0.1, -0.05) is 36.8 Å². The SMILES string of the molecule is Cl.O=C(CC1NCCN(CC2CCC2)C1=O)OCc1ccccc1. The maximum absolute atomic E-state index is 12.5. The van der Waals surface area contributed by atoms with Crippen LogP contribution in [0.1, 0.15) is 31.2 Å². The first-order valence-electron chi connectivity index (χ1n) is 8.44. The molecule has 24 heavy (non-hydrogen) atoms. The molecule has 1 aromatic carbocycles. The summed E-state index contributed by atoms with van der Waals surface area (Å²) in [4.78, 5) is 26.4. The first-order chi connectivity index (χ1) is 11.2. The fraction of sp³-hybridized carbons (Fsp3) is 0.556. The molecule has 0 radical (unpaired) electrons. The summed E-state index contributed by atoms with van der Waals surface area (Å²) in [5, 5.41) is 3.15. The molecule has 6 heteroatoms. The second-order valence-corrected chi connectivity index (χ2v) is 6.44. The number of nitrogens with one attached hydrogen (secondary N) is 1. The maximum atomic E-state index is 12.5. The highest BCUT2D eigenvalue weighted by atomic mass is 35.5. The van der Waals surface area contributed by atoms with Crippen molar-refractivity contribution in [1.29, 1.82) is 0 Å². The van der Waals surface area contributed by atoms with Crippen LogP contribution in [-0.2, 0) is 20.9 Å². The lowest BCUT2D eigenvalue weighted by atomic mass is 9.85. The quantitative estimate of drug-likeness (QED) is 0.797. The Labute approximate surface area is 149 Å². The van der Waals surface area contributed by atoms with Crippen molar-refractivity contribution in [2.45, 2.75) is 38.3 Å². The molecule has 0 aromatic heterocycles. The molecule has 5 nitrogen and oxygen atoms in total. The number of benzene rings is 1. The van der Waals surface area contributed by atoms with Gasteiger partial charge in [0.05, 0.1) is 12.5 Å². The molecule has 132 valence electrons. The van der Waals surface area contributed by atoms with E-state index in [9.17, 15) is 9.59 Å². The van der Waals surface area contributed by atoms with Gasteiger partial charge in [0.1, 0.15) is 6.61 Å². The van der Waals surface area contributed by atoms with Gasteiger partial charge in [0.15, 0.2) is 0 Å². The fourth-order valence-corrected chi connectivity index (χ4v) is 3.08. The minimum atomic E-state index is -0.438. The Balaban J connectivity index is 0.00000208. The number of carbonyl (C=O) groups is 2. The molecule has 1 heterocycles. The second kappa shape index (κ2) is 9.04. The first-order valence-corrected chi connectivity index (χ1v) is 8.44. The van der Waals surface area contributed by atoms with Crippen LogP contribution in [0.5, 0.6) is 0 Å².